The van der Waals surface area contributed by atoms with Crippen LogP contribution in [0.5, 0.6) is 0 Å². The van der Waals surface area contributed by atoms with Crippen LogP contribution in [-0.4, -0.2) is 42.5 Å². The molecule has 1 fully saturated rings. The zero-order chi connectivity index (χ0) is 12.9. The normalized spacial score (nSPS) is 25.4. The SMILES string of the molecule is CC(C)(C)OC(=O)NC[C@@H]1CCN[C@H](CO)C1. The summed E-state index contributed by atoms with van der Waals surface area (Å²) in [7, 11) is 0. The van der Waals surface area contributed by atoms with Gasteiger partial charge in [-0.2, -0.15) is 0 Å². The molecule has 0 aromatic carbocycles. The molecule has 1 aliphatic rings. The molecule has 0 unspecified atom stereocenters. The van der Waals surface area contributed by atoms with Crippen LogP contribution in [0.1, 0.15) is 33.6 Å². The summed E-state index contributed by atoms with van der Waals surface area (Å²) in [6.07, 6.45) is 1.55. The van der Waals surface area contributed by atoms with E-state index in [0.717, 1.165) is 19.4 Å². The fraction of sp³-hybridized carbons (Fsp3) is 0.917. The Bertz CT molecular complexity index is 251. The highest BCUT2D eigenvalue weighted by molar-refractivity contribution is 5.67. The third kappa shape index (κ3) is 5.89. The molecule has 17 heavy (non-hydrogen) atoms. The summed E-state index contributed by atoms with van der Waals surface area (Å²) in [5.74, 6) is 0.418. The van der Waals surface area contributed by atoms with Crippen LogP contribution in [0, 0.1) is 5.92 Å². The van der Waals surface area contributed by atoms with Crippen molar-refractivity contribution in [2.75, 3.05) is 19.7 Å². The van der Waals surface area contributed by atoms with Crippen molar-refractivity contribution >= 4 is 6.09 Å². The van der Waals surface area contributed by atoms with Gasteiger partial charge in [0.15, 0.2) is 0 Å². The number of rotatable bonds is 3. The average Bonchev–Trinajstić information content (AvgIpc) is 2.24. The van der Waals surface area contributed by atoms with Crippen molar-refractivity contribution in [3.8, 4) is 0 Å². The Morgan fingerprint density at radius 1 is 1.53 bits per heavy atom. The zero-order valence-electron chi connectivity index (χ0n) is 11.0. The summed E-state index contributed by atoms with van der Waals surface area (Å²) >= 11 is 0. The van der Waals surface area contributed by atoms with Crippen LogP contribution >= 0.6 is 0 Å². The summed E-state index contributed by atoms with van der Waals surface area (Å²) in [6, 6.07) is 0.161. The second kappa shape index (κ2) is 6.21. The van der Waals surface area contributed by atoms with Gasteiger partial charge in [0.1, 0.15) is 5.60 Å². The molecule has 0 aromatic rings. The highest BCUT2D eigenvalue weighted by Crippen LogP contribution is 2.15. The van der Waals surface area contributed by atoms with Crippen molar-refractivity contribution in [2.24, 2.45) is 5.92 Å². The summed E-state index contributed by atoms with van der Waals surface area (Å²) in [6.45, 7) is 7.21. The van der Waals surface area contributed by atoms with Crippen LogP contribution in [-0.2, 0) is 4.74 Å². The monoisotopic (exact) mass is 244 g/mol. The summed E-state index contributed by atoms with van der Waals surface area (Å²) in [5, 5.41) is 15.1. The van der Waals surface area contributed by atoms with E-state index < -0.39 is 5.60 Å². The third-order valence-corrected chi connectivity index (χ3v) is 2.76. The van der Waals surface area contributed by atoms with Gasteiger partial charge in [0.25, 0.3) is 0 Å². The van der Waals surface area contributed by atoms with E-state index >= 15 is 0 Å². The Balaban J connectivity index is 2.23. The summed E-state index contributed by atoms with van der Waals surface area (Å²) in [5.41, 5.74) is -0.453. The maximum Gasteiger partial charge on any atom is 0.407 e. The second-order valence-electron chi connectivity index (χ2n) is 5.61. The van der Waals surface area contributed by atoms with Gasteiger partial charge in [-0.1, -0.05) is 0 Å². The lowest BCUT2D eigenvalue weighted by atomic mass is 9.93. The lowest BCUT2D eigenvalue weighted by molar-refractivity contribution is 0.0512. The molecule has 0 bridgehead atoms. The van der Waals surface area contributed by atoms with Gasteiger partial charge in [-0.3, -0.25) is 0 Å². The zero-order valence-corrected chi connectivity index (χ0v) is 11.0. The third-order valence-electron chi connectivity index (χ3n) is 2.76. The largest absolute Gasteiger partial charge is 0.444 e. The fourth-order valence-corrected chi connectivity index (χ4v) is 1.96. The van der Waals surface area contributed by atoms with E-state index in [0.29, 0.717) is 12.5 Å². The molecule has 5 heteroatoms. The van der Waals surface area contributed by atoms with Crippen LogP contribution in [0.15, 0.2) is 0 Å². The van der Waals surface area contributed by atoms with Crippen LogP contribution in [0.3, 0.4) is 0 Å². The van der Waals surface area contributed by atoms with E-state index in [9.17, 15) is 4.79 Å². The van der Waals surface area contributed by atoms with E-state index in [2.05, 4.69) is 10.6 Å². The Hall–Kier alpha value is -0.810. The molecule has 0 aliphatic carbocycles. The molecule has 0 saturated carbocycles. The Morgan fingerprint density at radius 2 is 2.24 bits per heavy atom. The highest BCUT2D eigenvalue weighted by atomic mass is 16.6. The minimum atomic E-state index is -0.453. The molecule has 2 atom stereocenters. The molecule has 1 saturated heterocycles. The van der Waals surface area contributed by atoms with Crippen LogP contribution < -0.4 is 10.6 Å². The van der Waals surface area contributed by atoms with Gasteiger partial charge in [-0.15, -0.1) is 0 Å². The van der Waals surface area contributed by atoms with Crippen LogP contribution in [0.25, 0.3) is 0 Å². The molecule has 5 nitrogen and oxygen atoms in total. The second-order valence-corrected chi connectivity index (χ2v) is 5.61. The Morgan fingerprint density at radius 3 is 2.82 bits per heavy atom. The number of hydrogen-bond acceptors (Lipinski definition) is 4. The first-order valence-corrected chi connectivity index (χ1v) is 6.22. The molecule has 0 radical (unpaired) electrons. The number of hydrogen-bond donors (Lipinski definition) is 3. The lowest BCUT2D eigenvalue weighted by Crippen LogP contribution is -2.44. The van der Waals surface area contributed by atoms with Gasteiger partial charge in [-0.25, -0.2) is 4.79 Å². The number of aliphatic hydroxyl groups is 1. The minimum Gasteiger partial charge on any atom is -0.444 e. The van der Waals surface area contributed by atoms with Gasteiger partial charge in [0.2, 0.25) is 0 Å². The maximum absolute atomic E-state index is 11.5. The summed E-state index contributed by atoms with van der Waals surface area (Å²) in [4.78, 5) is 11.5. The average molecular weight is 244 g/mol. The first-order chi connectivity index (χ1) is 7.90. The highest BCUT2D eigenvalue weighted by Gasteiger charge is 2.22. The number of nitrogens with one attached hydrogen (secondary N) is 2. The first kappa shape index (κ1) is 14.3. The maximum atomic E-state index is 11.5. The molecule has 1 heterocycles. The van der Waals surface area contributed by atoms with Gasteiger partial charge < -0.3 is 20.5 Å². The molecule has 3 N–H and O–H groups in total. The molecule has 0 spiro atoms. The summed E-state index contributed by atoms with van der Waals surface area (Å²) < 4.78 is 5.17. The molecule has 1 aliphatic heterocycles. The Labute approximate surface area is 103 Å². The molecule has 1 amide bonds. The van der Waals surface area contributed by atoms with Crippen molar-refractivity contribution in [1.29, 1.82) is 0 Å². The van der Waals surface area contributed by atoms with E-state index in [1.54, 1.807) is 0 Å². The van der Waals surface area contributed by atoms with E-state index in [-0.39, 0.29) is 18.7 Å². The van der Waals surface area contributed by atoms with Crippen molar-refractivity contribution in [1.82, 2.24) is 10.6 Å². The lowest BCUT2D eigenvalue weighted by Gasteiger charge is -2.29. The van der Waals surface area contributed by atoms with E-state index in [1.807, 2.05) is 20.8 Å². The van der Waals surface area contributed by atoms with Crippen molar-refractivity contribution in [3.63, 3.8) is 0 Å². The number of ether oxygens (including phenoxy) is 1. The molecule has 1 rings (SSSR count). The number of carbonyl (C=O) groups is 1. The van der Waals surface area contributed by atoms with Crippen molar-refractivity contribution in [3.05, 3.63) is 0 Å². The fourth-order valence-electron chi connectivity index (χ4n) is 1.96. The molecular formula is C12H24N2O3. The first-order valence-electron chi connectivity index (χ1n) is 6.22. The van der Waals surface area contributed by atoms with Crippen molar-refractivity contribution in [2.45, 2.75) is 45.3 Å². The Kier molecular flexibility index (Phi) is 5.21. The number of piperidine rings is 1. The van der Waals surface area contributed by atoms with Gasteiger partial charge in [-0.05, 0) is 46.1 Å². The van der Waals surface area contributed by atoms with E-state index in [4.69, 9.17) is 9.84 Å². The van der Waals surface area contributed by atoms with Crippen LogP contribution in [0.2, 0.25) is 0 Å². The number of alkyl carbamates (subject to hydrolysis) is 1. The van der Waals surface area contributed by atoms with Gasteiger partial charge in [0.05, 0.1) is 6.61 Å². The van der Waals surface area contributed by atoms with Gasteiger partial charge >= 0.3 is 6.09 Å². The quantitative estimate of drug-likeness (QED) is 0.689. The topological polar surface area (TPSA) is 70.6 Å². The van der Waals surface area contributed by atoms with Gasteiger partial charge in [0, 0.05) is 12.6 Å². The standard InChI is InChI=1S/C12H24N2O3/c1-12(2,3)17-11(16)14-7-9-4-5-13-10(6-9)8-15/h9-10,13,15H,4-8H2,1-3H3,(H,14,16)/t9-,10+/m1/s1. The number of carbonyl (C=O) groups excluding carboxylic acids is 1. The predicted octanol–water partition coefficient (Wildman–Crippen LogP) is 0.872. The van der Waals surface area contributed by atoms with E-state index in [1.165, 1.54) is 0 Å². The smallest absolute Gasteiger partial charge is 0.407 e. The van der Waals surface area contributed by atoms with Crippen LogP contribution in [0.4, 0.5) is 4.79 Å². The predicted molar refractivity (Wildman–Crippen MR) is 65.8 cm³/mol. The number of amides is 1. The molecule has 0 aromatic heterocycles. The molecular weight excluding hydrogens is 220 g/mol. The number of aliphatic hydroxyl groups excluding tert-OH is 1. The molecule has 100 valence electrons. The minimum absolute atomic E-state index is 0.156. The van der Waals surface area contributed by atoms with Crippen molar-refractivity contribution < 1.29 is 14.6 Å².